The van der Waals surface area contributed by atoms with Crippen LogP contribution in [-0.4, -0.2) is 19.5 Å². The highest BCUT2D eigenvalue weighted by Gasteiger charge is 2.21. The van der Waals surface area contributed by atoms with Crippen LogP contribution < -0.4 is 0 Å². The Morgan fingerprint density at radius 1 is 1.04 bits per heavy atom. The molecule has 0 aliphatic heterocycles. The molecule has 0 spiro atoms. The molecule has 26 heavy (non-hydrogen) atoms. The van der Waals surface area contributed by atoms with E-state index in [4.69, 9.17) is 11.6 Å². The second-order valence-corrected chi connectivity index (χ2v) is 8.70. The van der Waals surface area contributed by atoms with Crippen molar-refractivity contribution in [3.05, 3.63) is 58.4 Å². The van der Waals surface area contributed by atoms with Gasteiger partial charge in [-0.3, -0.25) is 4.57 Å². The lowest BCUT2D eigenvalue weighted by molar-refractivity contribution is 0.699. The third kappa shape index (κ3) is 2.82. The molecule has 0 N–H and O–H groups in total. The predicted octanol–water partition coefficient (Wildman–Crippen LogP) is 5.56. The van der Waals surface area contributed by atoms with Crippen molar-refractivity contribution in [2.24, 2.45) is 0 Å². The van der Waals surface area contributed by atoms with Crippen molar-refractivity contribution in [3.63, 3.8) is 0 Å². The van der Waals surface area contributed by atoms with Gasteiger partial charge in [0, 0.05) is 33.4 Å². The van der Waals surface area contributed by atoms with Crippen LogP contribution in [0.5, 0.6) is 0 Å². The molecule has 7 heteroatoms. The van der Waals surface area contributed by atoms with Gasteiger partial charge in [0.1, 0.15) is 16.2 Å². The number of hydrogen-bond acceptors (Lipinski definition) is 5. The van der Waals surface area contributed by atoms with Crippen molar-refractivity contribution >= 4 is 44.9 Å². The van der Waals surface area contributed by atoms with E-state index in [0.29, 0.717) is 0 Å². The van der Waals surface area contributed by atoms with Gasteiger partial charge in [0.15, 0.2) is 5.16 Å². The molecule has 130 valence electrons. The quantitative estimate of drug-likeness (QED) is 0.424. The van der Waals surface area contributed by atoms with Gasteiger partial charge in [-0.05, 0) is 67.3 Å². The van der Waals surface area contributed by atoms with E-state index in [1.807, 2.05) is 48.0 Å². The average molecular weight is 399 g/mol. The van der Waals surface area contributed by atoms with Crippen LogP contribution in [0.4, 0.5) is 0 Å². The maximum Gasteiger partial charge on any atom is 0.178 e. The van der Waals surface area contributed by atoms with E-state index < -0.39 is 0 Å². The van der Waals surface area contributed by atoms with Gasteiger partial charge in [-0.25, -0.2) is 15.0 Å². The van der Waals surface area contributed by atoms with Crippen molar-refractivity contribution in [2.45, 2.75) is 35.9 Å². The number of hydrogen-bond donors (Lipinski definition) is 0. The fourth-order valence-corrected chi connectivity index (χ4v) is 5.78. The molecule has 1 aromatic carbocycles. The van der Waals surface area contributed by atoms with Crippen molar-refractivity contribution in [1.82, 2.24) is 19.5 Å². The normalized spacial score (nSPS) is 13.9. The third-order valence-corrected chi connectivity index (χ3v) is 7.06. The predicted molar refractivity (Wildman–Crippen MR) is 107 cm³/mol. The molecule has 3 heterocycles. The van der Waals surface area contributed by atoms with E-state index in [9.17, 15) is 0 Å². The fraction of sp³-hybridized carbons (Fsp3) is 0.211. The minimum atomic E-state index is 0.727. The summed E-state index contributed by atoms with van der Waals surface area (Å²) in [6.45, 7) is 0. The SMILES string of the molecule is Clc1ccc(-n2ccnc2Sc2ncnc3sc4c(c23)CCCC4)cc1. The van der Waals surface area contributed by atoms with E-state index in [1.165, 1.54) is 35.1 Å². The van der Waals surface area contributed by atoms with E-state index in [0.717, 1.165) is 32.1 Å². The number of fused-ring (bicyclic) bond motifs is 3. The lowest BCUT2D eigenvalue weighted by Crippen LogP contribution is -1.99. The zero-order chi connectivity index (χ0) is 17.5. The Morgan fingerprint density at radius 2 is 1.88 bits per heavy atom. The summed E-state index contributed by atoms with van der Waals surface area (Å²) in [6, 6.07) is 7.78. The Kier molecular flexibility index (Phi) is 4.19. The number of benzene rings is 1. The van der Waals surface area contributed by atoms with Gasteiger partial charge in [-0.2, -0.15) is 0 Å². The van der Waals surface area contributed by atoms with Crippen LogP contribution in [-0.2, 0) is 12.8 Å². The second kappa shape index (κ2) is 6.68. The Labute approximate surface area is 164 Å². The fourth-order valence-electron chi connectivity index (χ4n) is 3.39. The highest BCUT2D eigenvalue weighted by Crippen LogP contribution is 2.41. The number of halogens is 1. The standard InChI is InChI=1S/C19H15ClN4S2/c20-12-5-7-13(8-6-12)24-10-9-21-19(24)26-18-16-14-3-1-2-4-15(14)25-17(16)22-11-23-18/h5-11H,1-4H2. The minimum absolute atomic E-state index is 0.727. The summed E-state index contributed by atoms with van der Waals surface area (Å²) in [5.74, 6) is 0. The topological polar surface area (TPSA) is 43.6 Å². The summed E-state index contributed by atoms with van der Waals surface area (Å²) in [6.07, 6.45) is 10.3. The summed E-state index contributed by atoms with van der Waals surface area (Å²) >= 11 is 9.44. The molecular weight excluding hydrogens is 384 g/mol. The summed E-state index contributed by atoms with van der Waals surface area (Å²) in [4.78, 5) is 16.2. The highest BCUT2D eigenvalue weighted by molar-refractivity contribution is 7.99. The van der Waals surface area contributed by atoms with E-state index in [2.05, 4.69) is 19.5 Å². The maximum atomic E-state index is 6.02. The molecule has 1 aliphatic carbocycles. The van der Waals surface area contributed by atoms with E-state index in [-0.39, 0.29) is 0 Å². The molecule has 0 saturated heterocycles. The molecule has 0 unspecified atom stereocenters. The van der Waals surface area contributed by atoms with Gasteiger partial charge in [0.2, 0.25) is 0 Å². The number of nitrogens with zero attached hydrogens (tertiary/aromatic N) is 4. The minimum Gasteiger partial charge on any atom is -0.295 e. The number of imidazole rings is 1. The summed E-state index contributed by atoms with van der Waals surface area (Å²) < 4.78 is 2.06. The van der Waals surface area contributed by atoms with Crippen LogP contribution in [0.15, 0.2) is 53.2 Å². The first kappa shape index (κ1) is 16.3. The molecule has 0 atom stereocenters. The third-order valence-electron chi connectivity index (χ3n) is 4.62. The number of aromatic nitrogens is 4. The van der Waals surface area contributed by atoms with Gasteiger partial charge < -0.3 is 0 Å². The zero-order valence-electron chi connectivity index (χ0n) is 13.9. The van der Waals surface area contributed by atoms with Crippen molar-refractivity contribution in [1.29, 1.82) is 0 Å². The summed E-state index contributed by atoms with van der Waals surface area (Å²) in [5.41, 5.74) is 2.48. The average Bonchev–Trinajstić information content (AvgIpc) is 3.27. The van der Waals surface area contributed by atoms with Gasteiger partial charge in [0.25, 0.3) is 0 Å². The molecule has 0 fully saturated rings. The van der Waals surface area contributed by atoms with Gasteiger partial charge in [0.05, 0.1) is 0 Å². The smallest absolute Gasteiger partial charge is 0.178 e. The van der Waals surface area contributed by atoms with Crippen molar-refractivity contribution in [2.75, 3.05) is 0 Å². The van der Waals surface area contributed by atoms with Crippen LogP contribution in [0.2, 0.25) is 5.02 Å². The molecule has 0 radical (unpaired) electrons. The molecule has 3 aromatic heterocycles. The second-order valence-electron chi connectivity index (χ2n) is 6.23. The lowest BCUT2D eigenvalue weighted by atomic mass is 9.97. The Morgan fingerprint density at radius 3 is 2.77 bits per heavy atom. The maximum absolute atomic E-state index is 6.02. The molecule has 0 bridgehead atoms. The summed E-state index contributed by atoms with van der Waals surface area (Å²) in [5, 5.41) is 3.84. The molecule has 1 aliphatic rings. The van der Waals surface area contributed by atoms with Gasteiger partial charge >= 0.3 is 0 Å². The molecule has 0 amide bonds. The molecular formula is C19H15ClN4S2. The first-order valence-electron chi connectivity index (χ1n) is 8.52. The molecule has 0 saturated carbocycles. The van der Waals surface area contributed by atoms with E-state index >= 15 is 0 Å². The van der Waals surface area contributed by atoms with Crippen LogP contribution in [0.1, 0.15) is 23.3 Å². The van der Waals surface area contributed by atoms with Crippen LogP contribution in [0, 0.1) is 0 Å². The molecule has 4 aromatic rings. The van der Waals surface area contributed by atoms with Crippen LogP contribution >= 0.6 is 34.7 Å². The van der Waals surface area contributed by atoms with Crippen LogP contribution in [0.3, 0.4) is 0 Å². The lowest BCUT2D eigenvalue weighted by Gasteiger charge is -2.12. The molecule has 5 rings (SSSR count). The van der Waals surface area contributed by atoms with Gasteiger partial charge in [-0.1, -0.05) is 11.6 Å². The zero-order valence-corrected chi connectivity index (χ0v) is 16.2. The van der Waals surface area contributed by atoms with Crippen molar-refractivity contribution in [3.8, 4) is 5.69 Å². The largest absolute Gasteiger partial charge is 0.295 e. The Hall–Kier alpha value is -1.89. The van der Waals surface area contributed by atoms with Crippen LogP contribution in [0.25, 0.3) is 15.9 Å². The number of thiophene rings is 1. The van der Waals surface area contributed by atoms with Crippen molar-refractivity contribution < 1.29 is 0 Å². The van der Waals surface area contributed by atoms with Gasteiger partial charge in [-0.15, -0.1) is 11.3 Å². The summed E-state index contributed by atoms with van der Waals surface area (Å²) in [7, 11) is 0. The first-order valence-corrected chi connectivity index (χ1v) is 10.5. The highest BCUT2D eigenvalue weighted by atomic mass is 35.5. The van der Waals surface area contributed by atoms with E-state index in [1.54, 1.807) is 18.1 Å². The molecule has 4 nitrogen and oxygen atoms in total. The number of rotatable bonds is 3. The monoisotopic (exact) mass is 398 g/mol. The first-order chi connectivity index (χ1) is 12.8. The number of aryl methyl sites for hydroxylation is 2. The Bertz CT molecular complexity index is 1080. The Balaban J connectivity index is 1.58.